The summed E-state index contributed by atoms with van der Waals surface area (Å²) in [5, 5.41) is 4.34. The highest BCUT2D eigenvalue weighted by atomic mass is 35.5. The Balaban J connectivity index is 2.09. The maximum absolute atomic E-state index is 12.3. The largest absolute Gasteiger partial charge is 0.485 e. The highest BCUT2D eigenvalue weighted by Gasteiger charge is 2.20. The molecule has 0 bridgehead atoms. The van der Waals surface area contributed by atoms with Crippen molar-refractivity contribution in [2.24, 2.45) is 5.73 Å². The molecule has 2 aromatic heterocycles. The van der Waals surface area contributed by atoms with Gasteiger partial charge in [-0.2, -0.15) is 5.10 Å². The SMILES string of the molecule is CC(C)(C)n1ncc(OCc2ccc(OCCCN)nc2Cl)c(Cl)c1=O. The van der Waals surface area contributed by atoms with Crippen LogP contribution in [-0.2, 0) is 12.1 Å². The number of nitrogens with zero attached hydrogens (tertiary/aromatic N) is 3. The van der Waals surface area contributed by atoms with Gasteiger partial charge in [-0.25, -0.2) is 9.67 Å². The third-order valence-electron chi connectivity index (χ3n) is 3.40. The first-order valence-electron chi connectivity index (χ1n) is 8.13. The number of hydrogen-bond donors (Lipinski definition) is 1. The lowest BCUT2D eigenvalue weighted by atomic mass is 10.1. The smallest absolute Gasteiger partial charge is 0.289 e. The molecule has 0 amide bonds. The molecule has 2 rings (SSSR count). The maximum Gasteiger partial charge on any atom is 0.289 e. The predicted octanol–water partition coefficient (Wildman–Crippen LogP) is 3.01. The summed E-state index contributed by atoms with van der Waals surface area (Å²) in [5.41, 5.74) is 5.16. The molecule has 0 fully saturated rings. The van der Waals surface area contributed by atoms with E-state index in [0.717, 1.165) is 6.42 Å². The van der Waals surface area contributed by atoms with Crippen molar-refractivity contribution in [1.29, 1.82) is 0 Å². The van der Waals surface area contributed by atoms with Crippen LogP contribution < -0.4 is 20.8 Å². The Labute approximate surface area is 162 Å². The van der Waals surface area contributed by atoms with E-state index in [1.807, 2.05) is 20.8 Å². The van der Waals surface area contributed by atoms with Gasteiger partial charge in [-0.05, 0) is 39.8 Å². The number of ether oxygens (including phenoxy) is 2. The third-order valence-corrected chi connectivity index (χ3v) is 4.08. The lowest BCUT2D eigenvalue weighted by Gasteiger charge is -2.21. The molecule has 9 heteroatoms. The molecule has 0 aliphatic heterocycles. The molecular formula is C17H22Cl2N4O3. The summed E-state index contributed by atoms with van der Waals surface area (Å²) in [6.07, 6.45) is 2.15. The van der Waals surface area contributed by atoms with E-state index in [4.69, 9.17) is 38.4 Å². The van der Waals surface area contributed by atoms with Crippen molar-refractivity contribution < 1.29 is 9.47 Å². The first kappa shape index (κ1) is 20.5. The Morgan fingerprint density at radius 1 is 1.23 bits per heavy atom. The molecule has 0 spiro atoms. The summed E-state index contributed by atoms with van der Waals surface area (Å²) in [6, 6.07) is 3.43. The number of rotatable bonds is 7. The second-order valence-electron chi connectivity index (χ2n) is 6.59. The van der Waals surface area contributed by atoms with Crippen LogP contribution in [0.5, 0.6) is 11.6 Å². The summed E-state index contributed by atoms with van der Waals surface area (Å²) >= 11 is 12.3. The van der Waals surface area contributed by atoms with Crippen molar-refractivity contribution in [3.05, 3.63) is 44.4 Å². The lowest BCUT2D eigenvalue weighted by molar-refractivity contribution is 0.289. The van der Waals surface area contributed by atoms with E-state index in [0.29, 0.717) is 24.6 Å². The molecule has 142 valence electrons. The summed E-state index contributed by atoms with van der Waals surface area (Å²) in [7, 11) is 0. The van der Waals surface area contributed by atoms with Gasteiger partial charge >= 0.3 is 0 Å². The van der Waals surface area contributed by atoms with Gasteiger partial charge in [-0.1, -0.05) is 23.2 Å². The zero-order valence-electron chi connectivity index (χ0n) is 15.0. The number of nitrogens with two attached hydrogens (primary N) is 1. The van der Waals surface area contributed by atoms with Crippen LogP contribution in [0.3, 0.4) is 0 Å². The van der Waals surface area contributed by atoms with Crippen LogP contribution >= 0.6 is 23.2 Å². The van der Waals surface area contributed by atoms with Crippen molar-refractivity contribution in [2.45, 2.75) is 39.3 Å². The molecule has 2 heterocycles. The van der Waals surface area contributed by atoms with Crippen LogP contribution in [0.4, 0.5) is 0 Å². The van der Waals surface area contributed by atoms with Gasteiger partial charge < -0.3 is 15.2 Å². The molecule has 7 nitrogen and oxygen atoms in total. The monoisotopic (exact) mass is 400 g/mol. The molecule has 0 aliphatic carbocycles. The molecule has 26 heavy (non-hydrogen) atoms. The summed E-state index contributed by atoms with van der Waals surface area (Å²) in [6.45, 7) is 6.70. The molecule has 0 aliphatic rings. The number of hydrogen-bond acceptors (Lipinski definition) is 6. The average molecular weight is 401 g/mol. The first-order valence-corrected chi connectivity index (χ1v) is 8.89. The second-order valence-corrected chi connectivity index (χ2v) is 7.33. The molecule has 0 radical (unpaired) electrons. The van der Waals surface area contributed by atoms with Gasteiger partial charge in [-0.15, -0.1) is 0 Å². The molecular weight excluding hydrogens is 379 g/mol. The fourth-order valence-corrected chi connectivity index (χ4v) is 2.43. The van der Waals surface area contributed by atoms with Crippen molar-refractivity contribution in [3.8, 4) is 11.6 Å². The number of halogens is 2. The van der Waals surface area contributed by atoms with Crippen LogP contribution in [0.2, 0.25) is 10.2 Å². The van der Waals surface area contributed by atoms with Gasteiger partial charge in [0.15, 0.2) is 10.8 Å². The minimum atomic E-state index is -0.480. The second kappa shape index (κ2) is 8.70. The van der Waals surface area contributed by atoms with Crippen molar-refractivity contribution in [3.63, 3.8) is 0 Å². The van der Waals surface area contributed by atoms with Crippen LogP contribution in [0.15, 0.2) is 23.1 Å². The van der Waals surface area contributed by atoms with E-state index in [-0.39, 0.29) is 22.5 Å². The van der Waals surface area contributed by atoms with E-state index in [1.54, 1.807) is 12.1 Å². The van der Waals surface area contributed by atoms with Crippen molar-refractivity contribution in [1.82, 2.24) is 14.8 Å². The Bertz CT molecular complexity index is 819. The van der Waals surface area contributed by atoms with Gasteiger partial charge in [0.2, 0.25) is 5.88 Å². The first-order chi connectivity index (χ1) is 12.2. The molecule has 0 unspecified atom stereocenters. The fraction of sp³-hybridized carbons (Fsp3) is 0.471. The Morgan fingerprint density at radius 3 is 2.58 bits per heavy atom. The van der Waals surface area contributed by atoms with Crippen molar-refractivity contribution in [2.75, 3.05) is 13.2 Å². The van der Waals surface area contributed by atoms with Crippen LogP contribution in [0.25, 0.3) is 0 Å². The zero-order valence-corrected chi connectivity index (χ0v) is 16.5. The highest BCUT2D eigenvalue weighted by molar-refractivity contribution is 6.31. The van der Waals surface area contributed by atoms with Gasteiger partial charge in [-0.3, -0.25) is 4.79 Å². The molecule has 0 saturated heterocycles. The number of pyridine rings is 1. The summed E-state index contributed by atoms with van der Waals surface area (Å²) in [5.74, 6) is 0.608. The Morgan fingerprint density at radius 2 is 1.96 bits per heavy atom. The van der Waals surface area contributed by atoms with Crippen LogP contribution in [-0.4, -0.2) is 27.9 Å². The maximum atomic E-state index is 12.3. The van der Waals surface area contributed by atoms with Gasteiger partial charge in [0.1, 0.15) is 11.8 Å². The minimum absolute atomic E-state index is 0.0271. The van der Waals surface area contributed by atoms with E-state index >= 15 is 0 Å². The predicted molar refractivity (Wildman–Crippen MR) is 101 cm³/mol. The van der Waals surface area contributed by atoms with E-state index in [9.17, 15) is 4.79 Å². The van der Waals surface area contributed by atoms with Crippen molar-refractivity contribution >= 4 is 23.2 Å². The fourth-order valence-electron chi connectivity index (χ4n) is 2.05. The molecule has 0 aromatic carbocycles. The van der Waals surface area contributed by atoms with Gasteiger partial charge in [0, 0.05) is 11.6 Å². The lowest BCUT2D eigenvalue weighted by Crippen LogP contribution is -2.36. The van der Waals surface area contributed by atoms with Crippen LogP contribution in [0, 0.1) is 0 Å². The Hall–Kier alpha value is -1.83. The molecule has 2 aromatic rings. The Kier molecular flexibility index (Phi) is 6.86. The standard InChI is InChI=1S/C17H22Cl2N4O3/c1-17(2,3)23-16(24)14(18)12(9-21-23)26-10-11-5-6-13(22-15(11)19)25-8-4-7-20/h5-6,9H,4,7-8,10,20H2,1-3H3. The van der Waals surface area contributed by atoms with E-state index < -0.39 is 11.1 Å². The average Bonchev–Trinajstić information content (AvgIpc) is 2.56. The third kappa shape index (κ3) is 5.09. The van der Waals surface area contributed by atoms with Gasteiger partial charge in [0.05, 0.1) is 18.3 Å². The topological polar surface area (TPSA) is 92.3 Å². The minimum Gasteiger partial charge on any atom is -0.485 e. The summed E-state index contributed by atoms with van der Waals surface area (Å²) < 4.78 is 12.3. The molecule has 0 atom stereocenters. The van der Waals surface area contributed by atoms with Crippen LogP contribution in [0.1, 0.15) is 32.8 Å². The normalized spacial score (nSPS) is 11.5. The zero-order chi connectivity index (χ0) is 19.3. The highest BCUT2D eigenvalue weighted by Crippen LogP contribution is 2.24. The summed E-state index contributed by atoms with van der Waals surface area (Å²) in [4.78, 5) is 16.5. The number of aromatic nitrogens is 3. The van der Waals surface area contributed by atoms with E-state index in [1.165, 1.54) is 10.9 Å². The molecule has 2 N–H and O–H groups in total. The van der Waals surface area contributed by atoms with E-state index in [2.05, 4.69) is 10.1 Å². The quantitative estimate of drug-likeness (QED) is 0.567. The molecule has 0 saturated carbocycles. The van der Waals surface area contributed by atoms with Gasteiger partial charge in [0.25, 0.3) is 5.56 Å².